The Bertz CT molecular complexity index is 438. The quantitative estimate of drug-likeness (QED) is 0.932. The van der Waals surface area contributed by atoms with Crippen molar-refractivity contribution in [1.29, 1.82) is 0 Å². The summed E-state index contributed by atoms with van der Waals surface area (Å²) in [5.41, 5.74) is 0.862. The number of benzene rings is 1. The molecule has 1 aliphatic heterocycles. The van der Waals surface area contributed by atoms with Gasteiger partial charge in [0.05, 0.1) is 12.7 Å². The van der Waals surface area contributed by atoms with Crippen molar-refractivity contribution >= 4 is 11.6 Å². The number of alkyl halides is 3. The molecule has 1 heterocycles. The fourth-order valence-electron chi connectivity index (χ4n) is 2.10. The molecule has 112 valence electrons. The van der Waals surface area contributed by atoms with E-state index in [1.165, 1.54) is 0 Å². The molecule has 20 heavy (non-hydrogen) atoms. The lowest BCUT2D eigenvalue weighted by Crippen LogP contribution is -2.46. The standard InChI is InChI=1S/C13H15ClF3NO2/c14-10-3-1-9(2-4-10)11-7-18(5-6-20-11)8-12(19)13(15,16)17/h1-4,11-12,19H,5-8H2/t11-,12+/m0/s1. The van der Waals surface area contributed by atoms with Crippen molar-refractivity contribution in [3.63, 3.8) is 0 Å². The summed E-state index contributed by atoms with van der Waals surface area (Å²) in [4.78, 5) is 1.56. The number of morpholine rings is 1. The van der Waals surface area contributed by atoms with Crippen LogP contribution in [0.15, 0.2) is 24.3 Å². The number of nitrogens with zero attached hydrogens (tertiary/aromatic N) is 1. The second-order valence-electron chi connectivity index (χ2n) is 4.73. The Kier molecular flexibility index (Phi) is 4.90. The van der Waals surface area contributed by atoms with Gasteiger partial charge in [0, 0.05) is 24.7 Å². The van der Waals surface area contributed by atoms with Crippen LogP contribution >= 0.6 is 11.6 Å². The average Bonchev–Trinajstić information content (AvgIpc) is 2.39. The van der Waals surface area contributed by atoms with Gasteiger partial charge in [-0.1, -0.05) is 23.7 Å². The van der Waals surface area contributed by atoms with Crippen LogP contribution in [-0.2, 0) is 4.74 Å². The highest BCUT2D eigenvalue weighted by molar-refractivity contribution is 6.30. The molecule has 0 aliphatic carbocycles. The molecule has 7 heteroatoms. The second-order valence-corrected chi connectivity index (χ2v) is 5.16. The highest BCUT2D eigenvalue weighted by Gasteiger charge is 2.39. The van der Waals surface area contributed by atoms with Crippen LogP contribution in [-0.4, -0.2) is 48.5 Å². The van der Waals surface area contributed by atoms with Crippen LogP contribution in [0.4, 0.5) is 13.2 Å². The van der Waals surface area contributed by atoms with Gasteiger partial charge in [-0.3, -0.25) is 4.90 Å². The van der Waals surface area contributed by atoms with E-state index in [1.807, 2.05) is 0 Å². The maximum Gasteiger partial charge on any atom is 0.415 e. The third kappa shape index (κ3) is 4.09. The predicted molar refractivity (Wildman–Crippen MR) is 68.6 cm³/mol. The lowest BCUT2D eigenvalue weighted by atomic mass is 10.1. The van der Waals surface area contributed by atoms with Crippen molar-refractivity contribution in [2.45, 2.75) is 18.4 Å². The van der Waals surface area contributed by atoms with E-state index in [4.69, 9.17) is 21.4 Å². The summed E-state index contributed by atoms with van der Waals surface area (Å²) in [5, 5.41) is 9.70. The first-order chi connectivity index (χ1) is 9.36. The molecule has 0 aromatic heterocycles. The van der Waals surface area contributed by atoms with Crippen molar-refractivity contribution in [3.05, 3.63) is 34.9 Å². The number of halogens is 4. The Morgan fingerprint density at radius 1 is 1.35 bits per heavy atom. The normalized spacial score (nSPS) is 22.8. The maximum atomic E-state index is 12.3. The minimum absolute atomic E-state index is 0.304. The fraction of sp³-hybridized carbons (Fsp3) is 0.538. The summed E-state index contributed by atoms with van der Waals surface area (Å²) in [7, 11) is 0. The molecule has 0 saturated carbocycles. The third-order valence-corrected chi connectivity index (χ3v) is 3.45. The molecule has 0 radical (unpaired) electrons. The number of aliphatic hydroxyl groups excluding tert-OH is 1. The van der Waals surface area contributed by atoms with E-state index in [0.29, 0.717) is 24.7 Å². The molecule has 0 unspecified atom stereocenters. The van der Waals surface area contributed by atoms with Gasteiger partial charge < -0.3 is 9.84 Å². The van der Waals surface area contributed by atoms with Gasteiger partial charge in [-0.2, -0.15) is 13.2 Å². The summed E-state index contributed by atoms with van der Waals surface area (Å²) in [6.45, 7) is 0.584. The van der Waals surface area contributed by atoms with Crippen LogP contribution in [0, 0.1) is 0 Å². The van der Waals surface area contributed by atoms with E-state index in [9.17, 15) is 13.2 Å². The Morgan fingerprint density at radius 2 is 2.00 bits per heavy atom. The van der Waals surface area contributed by atoms with Gasteiger partial charge in [-0.25, -0.2) is 0 Å². The van der Waals surface area contributed by atoms with Gasteiger partial charge in [-0.05, 0) is 17.7 Å². The van der Waals surface area contributed by atoms with Gasteiger partial charge >= 0.3 is 6.18 Å². The van der Waals surface area contributed by atoms with E-state index >= 15 is 0 Å². The van der Waals surface area contributed by atoms with Gasteiger partial charge in [0.15, 0.2) is 6.10 Å². The first-order valence-corrected chi connectivity index (χ1v) is 6.58. The van der Waals surface area contributed by atoms with Gasteiger partial charge in [0.25, 0.3) is 0 Å². The minimum Gasteiger partial charge on any atom is -0.382 e. The molecule has 1 N–H and O–H groups in total. The number of ether oxygens (including phenoxy) is 1. The highest BCUT2D eigenvalue weighted by atomic mass is 35.5. The first-order valence-electron chi connectivity index (χ1n) is 6.20. The van der Waals surface area contributed by atoms with Crippen molar-refractivity contribution in [1.82, 2.24) is 4.90 Å². The molecule has 2 rings (SSSR count). The number of aliphatic hydroxyl groups is 1. The summed E-state index contributed by atoms with van der Waals surface area (Å²) in [6.07, 6.45) is -7.22. The number of rotatable bonds is 3. The fourth-order valence-corrected chi connectivity index (χ4v) is 2.22. The predicted octanol–water partition coefficient (Wildman–Crippen LogP) is 2.64. The number of hydrogen-bond donors (Lipinski definition) is 1. The van der Waals surface area contributed by atoms with E-state index in [-0.39, 0.29) is 6.10 Å². The molecular formula is C13H15ClF3NO2. The highest BCUT2D eigenvalue weighted by Crippen LogP contribution is 2.26. The molecule has 1 aromatic rings. The molecule has 0 spiro atoms. The molecule has 0 amide bonds. The van der Waals surface area contributed by atoms with Gasteiger partial charge in [-0.15, -0.1) is 0 Å². The van der Waals surface area contributed by atoms with Crippen molar-refractivity contribution < 1.29 is 23.0 Å². The number of hydrogen-bond acceptors (Lipinski definition) is 3. The summed E-state index contributed by atoms with van der Waals surface area (Å²) in [5.74, 6) is 0. The molecule has 1 aromatic carbocycles. The third-order valence-electron chi connectivity index (χ3n) is 3.20. The van der Waals surface area contributed by atoms with E-state index in [0.717, 1.165) is 5.56 Å². The van der Waals surface area contributed by atoms with Crippen LogP contribution in [0.5, 0.6) is 0 Å². The Labute approximate surface area is 119 Å². The second kappa shape index (κ2) is 6.30. The topological polar surface area (TPSA) is 32.7 Å². The van der Waals surface area contributed by atoms with Crippen LogP contribution < -0.4 is 0 Å². The molecular weight excluding hydrogens is 295 g/mol. The zero-order valence-corrected chi connectivity index (χ0v) is 11.4. The van der Waals surface area contributed by atoms with Crippen LogP contribution in [0.3, 0.4) is 0 Å². The van der Waals surface area contributed by atoms with Crippen molar-refractivity contribution in [2.24, 2.45) is 0 Å². The van der Waals surface area contributed by atoms with Gasteiger partial charge in [0.1, 0.15) is 0 Å². The zero-order valence-electron chi connectivity index (χ0n) is 10.6. The maximum absolute atomic E-state index is 12.3. The Balaban J connectivity index is 1.96. The van der Waals surface area contributed by atoms with Crippen LogP contribution in [0.1, 0.15) is 11.7 Å². The number of β-amino-alcohol motifs (C(OH)–C–C–N with tert-alkyl or cyclic N) is 1. The minimum atomic E-state index is -4.59. The van der Waals surface area contributed by atoms with E-state index in [2.05, 4.69) is 0 Å². The molecule has 1 saturated heterocycles. The first kappa shape index (κ1) is 15.6. The van der Waals surface area contributed by atoms with Gasteiger partial charge in [0.2, 0.25) is 0 Å². The summed E-state index contributed by atoms with van der Waals surface area (Å²) in [6, 6.07) is 7.00. The SMILES string of the molecule is O[C@H](CN1CCO[C@H](c2ccc(Cl)cc2)C1)C(F)(F)F. The summed E-state index contributed by atoms with van der Waals surface area (Å²) >= 11 is 5.79. The van der Waals surface area contributed by atoms with Crippen molar-refractivity contribution in [2.75, 3.05) is 26.2 Å². The molecule has 1 aliphatic rings. The van der Waals surface area contributed by atoms with E-state index in [1.54, 1.807) is 29.2 Å². The Hall–Kier alpha value is -0.820. The molecule has 0 bridgehead atoms. The van der Waals surface area contributed by atoms with Crippen LogP contribution in [0.2, 0.25) is 5.02 Å². The monoisotopic (exact) mass is 309 g/mol. The van der Waals surface area contributed by atoms with E-state index < -0.39 is 18.8 Å². The molecule has 3 nitrogen and oxygen atoms in total. The smallest absolute Gasteiger partial charge is 0.382 e. The van der Waals surface area contributed by atoms with Crippen molar-refractivity contribution in [3.8, 4) is 0 Å². The lowest BCUT2D eigenvalue weighted by molar-refractivity contribution is -0.211. The summed E-state index contributed by atoms with van der Waals surface area (Å²) < 4.78 is 42.6. The zero-order chi connectivity index (χ0) is 14.8. The van der Waals surface area contributed by atoms with Crippen LogP contribution in [0.25, 0.3) is 0 Å². The largest absolute Gasteiger partial charge is 0.415 e. The lowest BCUT2D eigenvalue weighted by Gasteiger charge is -2.34. The average molecular weight is 310 g/mol. The molecule has 1 fully saturated rings. The Morgan fingerprint density at radius 3 is 2.60 bits per heavy atom. The molecule has 2 atom stereocenters.